The molecule has 0 atom stereocenters. The van der Waals surface area contributed by atoms with Gasteiger partial charge in [0.05, 0.1) is 11.1 Å². The smallest absolute Gasteiger partial charge is 0.442 e. The number of aromatic nitrogens is 1. The van der Waals surface area contributed by atoms with E-state index in [0.717, 1.165) is 24.3 Å². The van der Waals surface area contributed by atoms with E-state index >= 15 is 0 Å². The second-order valence-electron chi connectivity index (χ2n) is 5.39. The predicted molar refractivity (Wildman–Crippen MR) is 79.2 cm³/mol. The molecule has 0 unspecified atom stereocenters. The zero-order chi connectivity index (χ0) is 18.3. The van der Waals surface area contributed by atoms with Crippen LogP contribution < -0.4 is 4.72 Å². The fourth-order valence-corrected chi connectivity index (χ4v) is 3.25. The zero-order valence-electron chi connectivity index (χ0n) is 12.9. The average Bonchev–Trinajstić information content (AvgIpc) is 3.26. The molecule has 1 N–H and O–H groups in total. The molecule has 0 spiro atoms. The summed E-state index contributed by atoms with van der Waals surface area (Å²) >= 11 is 0. The van der Waals surface area contributed by atoms with E-state index in [-0.39, 0.29) is 17.0 Å². The molecule has 0 fully saturated rings. The number of oxazole rings is 1. The van der Waals surface area contributed by atoms with Crippen molar-refractivity contribution in [3.8, 4) is 0 Å². The van der Waals surface area contributed by atoms with Gasteiger partial charge in [-0.1, -0.05) is 12.1 Å². The normalized spacial score (nSPS) is 16.2. The Morgan fingerprint density at radius 3 is 2.32 bits per heavy atom. The van der Waals surface area contributed by atoms with Crippen LogP contribution in [0.1, 0.15) is 17.2 Å². The van der Waals surface area contributed by atoms with Gasteiger partial charge in [-0.15, -0.1) is 10.2 Å². The Bertz CT molecular complexity index is 898. The molecule has 11 heteroatoms. The number of nitrogens with zero attached hydrogens (tertiary/aromatic N) is 3. The van der Waals surface area contributed by atoms with Crippen molar-refractivity contribution in [2.24, 2.45) is 10.2 Å². The summed E-state index contributed by atoms with van der Waals surface area (Å²) in [5.74, 6) is 1.00. The van der Waals surface area contributed by atoms with Crippen molar-refractivity contribution >= 4 is 10.0 Å². The molecule has 0 aliphatic carbocycles. The first-order valence-electron chi connectivity index (χ1n) is 7.16. The molecule has 1 aliphatic heterocycles. The molecule has 25 heavy (non-hydrogen) atoms. The highest BCUT2D eigenvalue weighted by Gasteiger charge is 2.65. The molecular weight excluding hydrogens is 361 g/mol. The fourth-order valence-electron chi connectivity index (χ4n) is 2.22. The van der Waals surface area contributed by atoms with Gasteiger partial charge in [-0.3, -0.25) is 0 Å². The van der Waals surface area contributed by atoms with Gasteiger partial charge in [0.25, 0.3) is 0 Å². The van der Waals surface area contributed by atoms with Gasteiger partial charge in [0.2, 0.25) is 10.0 Å². The number of aryl methyl sites for hydroxylation is 1. The summed E-state index contributed by atoms with van der Waals surface area (Å²) < 4.78 is 70.7. The minimum Gasteiger partial charge on any atom is -0.446 e. The van der Waals surface area contributed by atoms with Gasteiger partial charge < -0.3 is 4.42 Å². The molecule has 1 aromatic heterocycles. The van der Waals surface area contributed by atoms with Crippen LogP contribution >= 0.6 is 0 Å². The van der Waals surface area contributed by atoms with E-state index < -0.39 is 21.9 Å². The molecule has 7 nitrogen and oxygen atoms in total. The van der Waals surface area contributed by atoms with Crippen LogP contribution in [0.4, 0.5) is 13.2 Å². The molecule has 0 saturated carbocycles. The van der Waals surface area contributed by atoms with E-state index in [0.29, 0.717) is 18.1 Å². The van der Waals surface area contributed by atoms with Crippen molar-refractivity contribution in [1.82, 2.24) is 9.71 Å². The zero-order valence-corrected chi connectivity index (χ0v) is 13.7. The third-order valence-electron chi connectivity index (χ3n) is 3.60. The third-order valence-corrected chi connectivity index (χ3v) is 5.07. The maximum atomic E-state index is 12.9. The Balaban J connectivity index is 1.67. The lowest BCUT2D eigenvalue weighted by Gasteiger charge is -2.15. The maximum absolute atomic E-state index is 12.9. The minimum atomic E-state index is -4.65. The van der Waals surface area contributed by atoms with E-state index in [1.54, 1.807) is 6.92 Å². The number of rotatable bonds is 6. The van der Waals surface area contributed by atoms with Crippen LogP contribution in [0, 0.1) is 6.92 Å². The van der Waals surface area contributed by atoms with Gasteiger partial charge in [0.15, 0.2) is 5.89 Å². The summed E-state index contributed by atoms with van der Waals surface area (Å²) in [4.78, 5) is 3.74. The molecule has 3 rings (SSSR count). The van der Waals surface area contributed by atoms with Crippen molar-refractivity contribution < 1.29 is 26.0 Å². The number of hydrogen-bond donors (Lipinski definition) is 1. The first kappa shape index (κ1) is 17.5. The second-order valence-corrected chi connectivity index (χ2v) is 7.15. The molecular formula is C14H13F3N4O3S. The van der Waals surface area contributed by atoms with Crippen LogP contribution in [0.5, 0.6) is 0 Å². The van der Waals surface area contributed by atoms with Crippen molar-refractivity contribution in [1.29, 1.82) is 0 Å². The number of nitrogens with one attached hydrogen (secondary N) is 1. The highest BCUT2D eigenvalue weighted by atomic mass is 32.2. The lowest BCUT2D eigenvalue weighted by atomic mass is 10.0. The van der Waals surface area contributed by atoms with Crippen LogP contribution in [-0.2, 0) is 22.1 Å². The van der Waals surface area contributed by atoms with Crippen molar-refractivity contribution in [2.45, 2.75) is 30.1 Å². The Kier molecular flexibility index (Phi) is 4.15. The van der Waals surface area contributed by atoms with Crippen LogP contribution in [0.15, 0.2) is 50.0 Å². The van der Waals surface area contributed by atoms with Gasteiger partial charge >= 0.3 is 11.8 Å². The Hall–Kier alpha value is -2.27. The van der Waals surface area contributed by atoms with Gasteiger partial charge in [-0.05, 0) is 12.1 Å². The molecule has 0 amide bonds. The van der Waals surface area contributed by atoms with Crippen LogP contribution in [0.3, 0.4) is 0 Å². The highest BCUT2D eigenvalue weighted by molar-refractivity contribution is 7.89. The molecule has 1 aliphatic rings. The SMILES string of the molecule is Cc1ncc(CCNS(=O)(=O)c2ccc(C3(C(F)(F)F)N=N3)cc2)o1. The van der Waals surface area contributed by atoms with Crippen molar-refractivity contribution in [2.75, 3.05) is 6.54 Å². The number of alkyl halides is 3. The Labute approximate surface area is 141 Å². The number of hydrogen-bond acceptors (Lipinski definition) is 6. The second kappa shape index (κ2) is 5.92. The van der Waals surface area contributed by atoms with Crippen molar-refractivity contribution in [3.05, 3.63) is 47.7 Å². The first-order chi connectivity index (χ1) is 11.6. The molecule has 0 saturated heterocycles. The van der Waals surface area contributed by atoms with Gasteiger partial charge in [-0.2, -0.15) is 13.2 Å². The Morgan fingerprint density at radius 1 is 1.20 bits per heavy atom. The van der Waals surface area contributed by atoms with Crippen LogP contribution in [-0.4, -0.2) is 26.1 Å². The van der Waals surface area contributed by atoms with Crippen LogP contribution in [0.2, 0.25) is 0 Å². The average molecular weight is 374 g/mol. The molecule has 0 bridgehead atoms. The molecule has 0 radical (unpaired) electrons. The van der Waals surface area contributed by atoms with E-state index in [9.17, 15) is 21.6 Å². The van der Waals surface area contributed by atoms with E-state index in [1.165, 1.54) is 6.20 Å². The molecule has 2 heterocycles. The third kappa shape index (κ3) is 3.42. The maximum Gasteiger partial charge on any atom is 0.442 e. The number of halogens is 3. The van der Waals surface area contributed by atoms with Crippen molar-refractivity contribution in [3.63, 3.8) is 0 Å². The molecule has 1 aromatic carbocycles. The summed E-state index contributed by atoms with van der Waals surface area (Å²) in [5.41, 5.74) is -2.79. The lowest BCUT2D eigenvalue weighted by molar-refractivity contribution is -0.166. The Morgan fingerprint density at radius 2 is 1.84 bits per heavy atom. The topological polar surface area (TPSA) is 96.9 Å². The van der Waals surface area contributed by atoms with Gasteiger partial charge in [-0.25, -0.2) is 18.1 Å². The molecule has 2 aromatic rings. The summed E-state index contributed by atoms with van der Waals surface area (Å²) in [6.07, 6.45) is -2.86. The highest BCUT2D eigenvalue weighted by Crippen LogP contribution is 2.52. The standard InChI is InChI=1S/C14H13F3N4O3S/c1-9-18-8-11(24-9)6-7-19-25(22,23)12-4-2-10(3-5-12)13(20-21-13)14(15,16)17/h2-5,8,19H,6-7H2,1H3. The fraction of sp³-hybridized carbons (Fsp3) is 0.357. The largest absolute Gasteiger partial charge is 0.446 e. The minimum absolute atomic E-state index is 0.0654. The molecule has 134 valence electrons. The van der Waals surface area contributed by atoms with E-state index in [4.69, 9.17) is 4.42 Å². The predicted octanol–water partition coefficient (Wildman–Crippen LogP) is 2.68. The summed E-state index contributed by atoms with van der Waals surface area (Å²) in [5, 5.41) is 6.14. The summed E-state index contributed by atoms with van der Waals surface area (Å²) in [7, 11) is -3.86. The first-order valence-corrected chi connectivity index (χ1v) is 8.65. The monoisotopic (exact) mass is 374 g/mol. The number of benzene rings is 1. The van der Waals surface area contributed by atoms with Crippen LogP contribution in [0.25, 0.3) is 0 Å². The lowest BCUT2D eigenvalue weighted by Crippen LogP contribution is -2.30. The summed E-state index contributed by atoms with van der Waals surface area (Å²) in [6, 6.07) is 4.30. The van der Waals surface area contributed by atoms with Gasteiger partial charge in [0.1, 0.15) is 5.76 Å². The summed E-state index contributed by atoms with van der Waals surface area (Å²) in [6.45, 7) is 1.73. The number of sulfonamides is 1. The van der Waals surface area contributed by atoms with E-state index in [1.807, 2.05) is 0 Å². The van der Waals surface area contributed by atoms with E-state index in [2.05, 4.69) is 19.9 Å². The van der Waals surface area contributed by atoms with Gasteiger partial charge in [0, 0.05) is 25.5 Å². The quantitative estimate of drug-likeness (QED) is 0.841.